The quantitative estimate of drug-likeness (QED) is 0.764. The third kappa shape index (κ3) is 3.20. The zero-order chi connectivity index (χ0) is 18.8. The van der Waals surface area contributed by atoms with Gasteiger partial charge in [-0.25, -0.2) is 0 Å². The van der Waals surface area contributed by atoms with Crippen LogP contribution in [-0.4, -0.2) is 32.6 Å². The fourth-order valence-electron chi connectivity index (χ4n) is 3.08. The maximum Gasteiger partial charge on any atom is 0.231 e. The Hall–Kier alpha value is -2.77. The van der Waals surface area contributed by atoms with Gasteiger partial charge in [0.1, 0.15) is 0 Å². The Balaban J connectivity index is 0.000000872. The highest BCUT2D eigenvalue weighted by molar-refractivity contribution is 6.10. The lowest BCUT2D eigenvalue weighted by atomic mass is 9.97. The highest BCUT2D eigenvalue weighted by Gasteiger charge is 2.29. The molecular formula is C20H20O7. The molecule has 0 N–H and O–H groups in total. The first-order valence-corrected chi connectivity index (χ1v) is 8.91. The number of rotatable bonds is 3. The van der Waals surface area contributed by atoms with Crippen molar-refractivity contribution in [1.29, 1.82) is 0 Å². The minimum atomic E-state index is -0.595. The Labute approximate surface area is 156 Å². The van der Waals surface area contributed by atoms with E-state index in [0.29, 0.717) is 52.9 Å². The largest absolute Gasteiger partial charge is 0.454 e. The first kappa shape index (κ1) is 17.6. The van der Waals surface area contributed by atoms with Gasteiger partial charge in [0.2, 0.25) is 13.6 Å². The standard InChI is InChI=1S/C18H14O7.C2H6/c19-17(10-1-2-13-14(5-10)23-8-22-13)11-6-15-16(25-9-24-15)7-12(11)18-20-3-4-21-18;1-2/h1-2,5-7,18H,3-4,8-9H2;1-2H3. The summed E-state index contributed by atoms with van der Waals surface area (Å²) in [5, 5.41) is 0. The van der Waals surface area contributed by atoms with Gasteiger partial charge < -0.3 is 28.4 Å². The van der Waals surface area contributed by atoms with Crippen LogP contribution in [0.1, 0.15) is 41.6 Å². The van der Waals surface area contributed by atoms with Crippen LogP contribution in [0.5, 0.6) is 23.0 Å². The summed E-state index contributed by atoms with van der Waals surface area (Å²) in [6, 6.07) is 8.54. The molecule has 0 spiro atoms. The number of carbonyl (C=O) groups is 1. The topological polar surface area (TPSA) is 72.5 Å². The molecule has 0 saturated carbocycles. The molecule has 0 bridgehead atoms. The molecule has 2 aromatic carbocycles. The van der Waals surface area contributed by atoms with Gasteiger partial charge in [-0.05, 0) is 30.3 Å². The van der Waals surface area contributed by atoms with Crippen molar-refractivity contribution in [2.45, 2.75) is 20.1 Å². The van der Waals surface area contributed by atoms with E-state index in [9.17, 15) is 4.79 Å². The Morgan fingerprint density at radius 3 is 2.11 bits per heavy atom. The SMILES string of the molecule is CC.O=C(c1ccc2c(c1)OCO2)c1cc2c(cc1C1OCCO1)OCO2. The number of fused-ring (bicyclic) bond motifs is 2. The molecular weight excluding hydrogens is 352 g/mol. The van der Waals surface area contributed by atoms with E-state index in [-0.39, 0.29) is 19.4 Å². The lowest BCUT2D eigenvalue weighted by molar-refractivity contribution is -0.0445. The summed E-state index contributed by atoms with van der Waals surface area (Å²) in [7, 11) is 0. The zero-order valence-corrected chi connectivity index (χ0v) is 15.2. The van der Waals surface area contributed by atoms with Crippen molar-refractivity contribution in [3.63, 3.8) is 0 Å². The van der Waals surface area contributed by atoms with Gasteiger partial charge in [-0.1, -0.05) is 13.8 Å². The summed E-state index contributed by atoms with van der Waals surface area (Å²) < 4.78 is 32.7. The Bertz CT molecular complexity index is 856. The number of ketones is 1. The summed E-state index contributed by atoms with van der Waals surface area (Å²) in [5.74, 6) is 2.12. The van der Waals surface area contributed by atoms with E-state index < -0.39 is 6.29 Å². The fraction of sp³-hybridized carbons (Fsp3) is 0.350. The molecule has 0 aromatic heterocycles. The predicted molar refractivity (Wildman–Crippen MR) is 94.6 cm³/mol. The van der Waals surface area contributed by atoms with E-state index >= 15 is 0 Å². The summed E-state index contributed by atoms with van der Waals surface area (Å²) in [6.45, 7) is 5.25. The van der Waals surface area contributed by atoms with Gasteiger partial charge in [0.05, 0.1) is 13.2 Å². The average Bonchev–Trinajstić information content (AvgIpc) is 3.48. The van der Waals surface area contributed by atoms with E-state index in [4.69, 9.17) is 28.4 Å². The fourth-order valence-corrected chi connectivity index (χ4v) is 3.08. The van der Waals surface area contributed by atoms with Gasteiger partial charge in [0.25, 0.3) is 0 Å². The van der Waals surface area contributed by atoms with E-state index in [1.54, 1.807) is 30.3 Å². The van der Waals surface area contributed by atoms with Crippen molar-refractivity contribution in [2.75, 3.05) is 26.8 Å². The highest BCUT2D eigenvalue weighted by atomic mass is 16.7. The number of ether oxygens (including phenoxy) is 6. The van der Waals surface area contributed by atoms with Gasteiger partial charge in [0.15, 0.2) is 35.1 Å². The van der Waals surface area contributed by atoms with E-state index in [1.165, 1.54) is 0 Å². The van der Waals surface area contributed by atoms with E-state index in [0.717, 1.165) is 0 Å². The predicted octanol–water partition coefficient (Wildman–Crippen LogP) is 3.45. The third-order valence-corrected chi connectivity index (χ3v) is 4.30. The smallest absolute Gasteiger partial charge is 0.231 e. The van der Waals surface area contributed by atoms with Crippen LogP contribution in [0.2, 0.25) is 0 Å². The van der Waals surface area contributed by atoms with Crippen LogP contribution in [0.15, 0.2) is 30.3 Å². The van der Waals surface area contributed by atoms with Gasteiger partial charge in [-0.15, -0.1) is 0 Å². The molecule has 142 valence electrons. The minimum absolute atomic E-state index is 0.128. The Morgan fingerprint density at radius 1 is 0.815 bits per heavy atom. The molecule has 0 amide bonds. The molecule has 7 nitrogen and oxygen atoms in total. The zero-order valence-electron chi connectivity index (χ0n) is 15.2. The second-order valence-corrected chi connectivity index (χ2v) is 5.76. The van der Waals surface area contributed by atoms with E-state index in [1.807, 2.05) is 13.8 Å². The van der Waals surface area contributed by atoms with Gasteiger partial charge in [-0.2, -0.15) is 0 Å². The summed E-state index contributed by atoms with van der Waals surface area (Å²) in [5.41, 5.74) is 1.57. The van der Waals surface area contributed by atoms with Gasteiger partial charge >= 0.3 is 0 Å². The molecule has 0 aliphatic carbocycles. The molecule has 1 fully saturated rings. The average molecular weight is 372 g/mol. The molecule has 2 aromatic rings. The van der Waals surface area contributed by atoms with Crippen LogP contribution < -0.4 is 18.9 Å². The molecule has 1 saturated heterocycles. The number of carbonyl (C=O) groups excluding carboxylic acids is 1. The number of hydrogen-bond acceptors (Lipinski definition) is 7. The highest BCUT2D eigenvalue weighted by Crippen LogP contribution is 2.40. The second kappa shape index (κ2) is 7.46. The maximum atomic E-state index is 13.1. The van der Waals surface area contributed by atoms with Crippen molar-refractivity contribution >= 4 is 5.78 Å². The monoisotopic (exact) mass is 372 g/mol. The van der Waals surface area contributed by atoms with Crippen molar-refractivity contribution < 1.29 is 33.2 Å². The van der Waals surface area contributed by atoms with Crippen molar-refractivity contribution in [2.24, 2.45) is 0 Å². The second-order valence-electron chi connectivity index (χ2n) is 5.76. The molecule has 0 atom stereocenters. The first-order valence-electron chi connectivity index (χ1n) is 8.91. The number of benzene rings is 2. The Kier molecular flexibility index (Phi) is 4.87. The van der Waals surface area contributed by atoms with Crippen molar-refractivity contribution in [3.8, 4) is 23.0 Å². The molecule has 27 heavy (non-hydrogen) atoms. The lowest BCUT2D eigenvalue weighted by Crippen LogP contribution is -2.10. The molecule has 3 aliphatic heterocycles. The van der Waals surface area contributed by atoms with Crippen LogP contribution in [-0.2, 0) is 9.47 Å². The van der Waals surface area contributed by atoms with Gasteiger partial charge in [0, 0.05) is 16.7 Å². The molecule has 5 rings (SSSR count). The molecule has 7 heteroatoms. The van der Waals surface area contributed by atoms with Crippen LogP contribution >= 0.6 is 0 Å². The Morgan fingerprint density at radius 2 is 1.41 bits per heavy atom. The third-order valence-electron chi connectivity index (χ3n) is 4.30. The van der Waals surface area contributed by atoms with Crippen LogP contribution in [0.3, 0.4) is 0 Å². The summed E-state index contributed by atoms with van der Waals surface area (Å²) in [4.78, 5) is 13.1. The normalized spacial score (nSPS) is 16.8. The summed E-state index contributed by atoms with van der Waals surface area (Å²) >= 11 is 0. The lowest BCUT2D eigenvalue weighted by Gasteiger charge is -2.15. The van der Waals surface area contributed by atoms with E-state index in [2.05, 4.69) is 0 Å². The van der Waals surface area contributed by atoms with Crippen molar-refractivity contribution in [3.05, 3.63) is 47.0 Å². The molecule has 0 radical (unpaired) electrons. The molecule has 0 unspecified atom stereocenters. The number of hydrogen-bond donors (Lipinski definition) is 0. The van der Waals surface area contributed by atoms with Crippen LogP contribution in [0.25, 0.3) is 0 Å². The van der Waals surface area contributed by atoms with Gasteiger partial charge in [-0.3, -0.25) is 4.79 Å². The maximum absolute atomic E-state index is 13.1. The first-order chi connectivity index (χ1) is 13.3. The molecule has 3 aliphatic rings. The van der Waals surface area contributed by atoms with Crippen molar-refractivity contribution in [1.82, 2.24) is 0 Å². The minimum Gasteiger partial charge on any atom is -0.454 e. The van der Waals surface area contributed by atoms with Crippen LogP contribution in [0, 0.1) is 0 Å². The summed E-state index contributed by atoms with van der Waals surface area (Å²) in [6.07, 6.45) is -0.595. The molecule has 3 heterocycles. The van der Waals surface area contributed by atoms with Crippen LogP contribution in [0.4, 0.5) is 0 Å².